The van der Waals surface area contributed by atoms with Crippen molar-refractivity contribution in [2.45, 2.75) is 38.1 Å². The van der Waals surface area contributed by atoms with Gasteiger partial charge in [-0.2, -0.15) is 0 Å². The highest BCUT2D eigenvalue weighted by molar-refractivity contribution is 8.00. The van der Waals surface area contributed by atoms with Gasteiger partial charge in [-0.1, -0.05) is 48.9 Å². The highest BCUT2D eigenvalue weighted by atomic mass is 32.2. The molecule has 0 aliphatic heterocycles. The van der Waals surface area contributed by atoms with Crippen molar-refractivity contribution < 1.29 is 14.4 Å². The van der Waals surface area contributed by atoms with Crippen LogP contribution in [-0.4, -0.2) is 23.5 Å². The molecule has 0 spiro atoms. The van der Waals surface area contributed by atoms with Crippen LogP contribution in [0.4, 0.5) is 11.4 Å². The monoisotopic (exact) mass is 475 g/mol. The van der Waals surface area contributed by atoms with E-state index in [0.717, 1.165) is 27.4 Å². The topological polar surface area (TPSA) is 87.3 Å². The predicted octanol–water partition coefficient (Wildman–Crippen LogP) is 5.57. The molecular weight excluding hydrogens is 446 g/mol. The molecule has 7 heteroatoms. The third-order valence-corrected chi connectivity index (χ3v) is 6.26. The van der Waals surface area contributed by atoms with Gasteiger partial charge in [-0.25, -0.2) is 0 Å². The van der Waals surface area contributed by atoms with Gasteiger partial charge in [0.25, 0.3) is 5.91 Å². The number of amides is 3. The van der Waals surface area contributed by atoms with Crippen molar-refractivity contribution in [3.63, 3.8) is 0 Å². The van der Waals surface area contributed by atoms with E-state index in [9.17, 15) is 14.4 Å². The summed E-state index contributed by atoms with van der Waals surface area (Å²) in [6.07, 6.45) is 0.416. The number of carbonyl (C=O) groups excluding carboxylic acids is 3. The van der Waals surface area contributed by atoms with Crippen molar-refractivity contribution in [3.8, 4) is 0 Å². The first-order chi connectivity index (χ1) is 16.4. The summed E-state index contributed by atoms with van der Waals surface area (Å²) in [5.41, 5.74) is 4.04. The summed E-state index contributed by atoms with van der Waals surface area (Å²) >= 11 is 1.33. The van der Waals surface area contributed by atoms with Crippen LogP contribution in [0.25, 0.3) is 0 Å². The largest absolute Gasteiger partial charge is 0.345 e. The molecule has 0 aliphatic rings. The van der Waals surface area contributed by atoms with Crippen LogP contribution < -0.4 is 16.0 Å². The molecule has 176 valence electrons. The first-order valence-electron chi connectivity index (χ1n) is 11.1. The van der Waals surface area contributed by atoms with Gasteiger partial charge in [0.2, 0.25) is 11.8 Å². The standard InChI is InChI=1S/C27H29N3O3S/c1-4-25(31)29-22-15-11-20(12-16-22)19(3)28-27(33)23-7-5-6-8-24(23)34-17-26(32)30-21-13-9-18(2)10-14-21/h5-16,19H,4,17H2,1-3H3,(H,28,33)(H,29,31)(H,30,32). The number of rotatable bonds is 9. The van der Waals surface area contributed by atoms with E-state index >= 15 is 0 Å². The van der Waals surface area contributed by atoms with E-state index in [2.05, 4.69) is 16.0 Å². The minimum Gasteiger partial charge on any atom is -0.345 e. The molecule has 3 rings (SSSR count). The van der Waals surface area contributed by atoms with Gasteiger partial charge in [0.15, 0.2) is 0 Å². The molecule has 1 unspecified atom stereocenters. The summed E-state index contributed by atoms with van der Waals surface area (Å²) in [4.78, 5) is 37.6. The van der Waals surface area contributed by atoms with Crippen LogP contribution in [0.3, 0.4) is 0 Å². The zero-order chi connectivity index (χ0) is 24.5. The molecule has 3 amide bonds. The molecule has 0 saturated carbocycles. The molecule has 3 aromatic carbocycles. The molecule has 0 radical (unpaired) electrons. The summed E-state index contributed by atoms with van der Waals surface area (Å²) in [5.74, 6) is -0.195. The van der Waals surface area contributed by atoms with E-state index in [0.29, 0.717) is 12.0 Å². The summed E-state index contributed by atoms with van der Waals surface area (Å²) in [6.45, 7) is 5.70. The van der Waals surface area contributed by atoms with Gasteiger partial charge in [-0.05, 0) is 55.8 Å². The SMILES string of the molecule is CCC(=O)Nc1ccc(C(C)NC(=O)c2ccccc2SCC(=O)Nc2ccc(C)cc2)cc1. The van der Waals surface area contributed by atoms with Crippen LogP contribution in [-0.2, 0) is 9.59 Å². The number of nitrogens with one attached hydrogen (secondary N) is 3. The Morgan fingerprint density at radius 1 is 0.824 bits per heavy atom. The third-order valence-electron chi connectivity index (χ3n) is 5.19. The second-order valence-electron chi connectivity index (χ2n) is 7.92. The Bertz CT molecular complexity index is 1140. The third kappa shape index (κ3) is 7.22. The fourth-order valence-electron chi connectivity index (χ4n) is 3.22. The number of hydrogen-bond donors (Lipinski definition) is 3. The van der Waals surface area contributed by atoms with Crippen LogP contribution in [0.1, 0.15) is 47.8 Å². The molecule has 0 aliphatic carbocycles. The molecule has 3 N–H and O–H groups in total. The lowest BCUT2D eigenvalue weighted by Gasteiger charge is -2.16. The summed E-state index contributed by atoms with van der Waals surface area (Å²) in [5, 5.41) is 8.70. The lowest BCUT2D eigenvalue weighted by Crippen LogP contribution is -2.27. The normalized spacial score (nSPS) is 11.4. The van der Waals surface area contributed by atoms with Crippen molar-refractivity contribution in [2.24, 2.45) is 0 Å². The second-order valence-corrected chi connectivity index (χ2v) is 8.94. The molecular formula is C27H29N3O3S. The number of thioether (sulfide) groups is 1. The van der Waals surface area contributed by atoms with Crippen LogP contribution in [0.2, 0.25) is 0 Å². The second kappa shape index (κ2) is 12.0. The Morgan fingerprint density at radius 3 is 2.06 bits per heavy atom. The van der Waals surface area contributed by atoms with E-state index < -0.39 is 0 Å². The number of anilines is 2. The van der Waals surface area contributed by atoms with Gasteiger partial charge in [-0.3, -0.25) is 14.4 Å². The first kappa shape index (κ1) is 25.1. The minimum absolute atomic E-state index is 0.0456. The van der Waals surface area contributed by atoms with Crippen molar-refractivity contribution >= 4 is 40.9 Å². The molecule has 0 bridgehead atoms. The Balaban J connectivity index is 1.59. The van der Waals surface area contributed by atoms with Gasteiger partial charge in [0.1, 0.15) is 0 Å². The molecule has 6 nitrogen and oxygen atoms in total. The van der Waals surface area contributed by atoms with Crippen LogP contribution >= 0.6 is 11.8 Å². The molecule has 3 aromatic rings. The highest BCUT2D eigenvalue weighted by Gasteiger charge is 2.16. The Labute approximate surface area is 204 Å². The highest BCUT2D eigenvalue weighted by Crippen LogP contribution is 2.24. The fraction of sp³-hybridized carbons (Fsp3) is 0.222. The van der Waals surface area contributed by atoms with E-state index in [1.165, 1.54) is 11.8 Å². The molecule has 0 saturated heterocycles. The average molecular weight is 476 g/mol. The maximum absolute atomic E-state index is 13.0. The van der Waals surface area contributed by atoms with Crippen molar-refractivity contribution in [1.82, 2.24) is 5.32 Å². The molecule has 1 atom stereocenters. The quantitative estimate of drug-likeness (QED) is 0.353. The zero-order valence-electron chi connectivity index (χ0n) is 19.6. The molecule has 34 heavy (non-hydrogen) atoms. The van der Waals surface area contributed by atoms with Crippen LogP contribution in [0.5, 0.6) is 0 Å². The number of hydrogen-bond acceptors (Lipinski definition) is 4. The van der Waals surface area contributed by atoms with Gasteiger partial charge in [0.05, 0.1) is 17.4 Å². The Hall–Kier alpha value is -3.58. The van der Waals surface area contributed by atoms with Gasteiger partial charge < -0.3 is 16.0 Å². The first-order valence-corrected chi connectivity index (χ1v) is 12.1. The van der Waals surface area contributed by atoms with E-state index in [1.807, 2.05) is 74.5 Å². The molecule has 0 heterocycles. The predicted molar refractivity (Wildman–Crippen MR) is 138 cm³/mol. The maximum Gasteiger partial charge on any atom is 0.252 e. The number of benzene rings is 3. The van der Waals surface area contributed by atoms with Gasteiger partial charge in [0, 0.05) is 22.7 Å². The van der Waals surface area contributed by atoms with Gasteiger partial charge >= 0.3 is 0 Å². The van der Waals surface area contributed by atoms with Crippen LogP contribution in [0, 0.1) is 6.92 Å². The molecule has 0 aromatic heterocycles. The molecule has 0 fully saturated rings. The van der Waals surface area contributed by atoms with E-state index in [4.69, 9.17) is 0 Å². The number of carbonyl (C=O) groups is 3. The van der Waals surface area contributed by atoms with Crippen molar-refractivity contribution in [2.75, 3.05) is 16.4 Å². The number of aryl methyl sites for hydroxylation is 1. The van der Waals surface area contributed by atoms with Crippen molar-refractivity contribution in [1.29, 1.82) is 0 Å². The van der Waals surface area contributed by atoms with Crippen molar-refractivity contribution in [3.05, 3.63) is 89.5 Å². The zero-order valence-corrected chi connectivity index (χ0v) is 20.4. The Kier molecular flexibility index (Phi) is 8.87. The lowest BCUT2D eigenvalue weighted by atomic mass is 10.1. The smallest absolute Gasteiger partial charge is 0.252 e. The van der Waals surface area contributed by atoms with Gasteiger partial charge in [-0.15, -0.1) is 11.8 Å². The average Bonchev–Trinajstić information content (AvgIpc) is 2.84. The summed E-state index contributed by atoms with van der Waals surface area (Å²) < 4.78 is 0. The fourth-order valence-corrected chi connectivity index (χ4v) is 4.07. The summed E-state index contributed by atoms with van der Waals surface area (Å²) in [6, 6.07) is 22.0. The van der Waals surface area contributed by atoms with E-state index in [1.54, 1.807) is 19.1 Å². The van der Waals surface area contributed by atoms with E-state index in [-0.39, 0.29) is 29.5 Å². The summed E-state index contributed by atoms with van der Waals surface area (Å²) in [7, 11) is 0. The maximum atomic E-state index is 13.0. The Morgan fingerprint density at radius 2 is 1.41 bits per heavy atom. The minimum atomic E-state index is -0.230. The van der Waals surface area contributed by atoms with Crippen LogP contribution in [0.15, 0.2) is 77.7 Å². The lowest BCUT2D eigenvalue weighted by molar-refractivity contribution is -0.116.